The molecule has 2 aliphatic rings. The molecule has 0 saturated heterocycles. The van der Waals surface area contributed by atoms with Crippen molar-refractivity contribution >= 4 is 81.1 Å². The molecule has 99 heavy (non-hydrogen) atoms. The van der Waals surface area contributed by atoms with E-state index >= 15 is 0 Å². The Hall–Kier alpha value is -10.2. The standard InChI is InChI=1S/C22H33NO3.C18H17N3O4.C16H16N2O6S.C14H15N5O3.Na/c1-3-4-5-6-7-8-9-10-11-14-17-23-22(26)18(2)21(25)19-15-12-13-16-20(19)24;1-11(17(24)20-14-9-5-6-10-15(14)22)16(23)12-7-3-4-8-13(12)21-18(25)19-2;1-9-10(2)15(20)18(16(21)13(9)14(19)17-3)8-11-4-6-12(7-5-11)25(22,23)24;1-7-5-8(2)18(15-7)19-14(22)11-9(3)10(4)13(21)17(6-20)12(11)16-19;/h12-13,15-16,24H,2-11,14,17H2,1H3,(H,23,26);3-10,22H,1H2,2H3,(H,20,24)(H2,19,21,25);4-7H,2,8H2,1,3H3,(H,17,19)(H,22,23,24);5,20H,4,6H2,1-3H3;/q;;;;+1/p-1. The van der Waals surface area contributed by atoms with Gasteiger partial charge in [0.2, 0.25) is 5.78 Å². The van der Waals surface area contributed by atoms with Gasteiger partial charge in [-0.3, -0.25) is 52.6 Å². The van der Waals surface area contributed by atoms with Crippen LogP contribution < -0.4 is 77.5 Å². The number of fused-ring (bicyclic) bond motifs is 1. The SMILES string of the molecule is C=C(C(=O)NCCCCCCCCCCCC)C(=O)c1ccccc1O.C=C(C(=O)Nc1ccccc1O)C(=O)c1ccccc1NC(=O)NC.C=C1C(=O)N(Cc2ccc(S(=O)(=O)[O-])cc2)C(=O)C(C(=O)NC)=C1C.C=c1c(C)c2c(n(CO)c1=O)=NN(n1nc(C)cc1C)C2=O.[Na+]. The number of aromatic nitrogens is 3. The zero-order valence-electron chi connectivity index (χ0n) is 56.6. The summed E-state index contributed by atoms with van der Waals surface area (Å²) >= 11 is 0. The summed E-state index contributed by atoms with van der Waals surface area (Å²) in [7, 11) is -1.78. The van der Waals surface area contributed by atoms with E-state index in [1.54, 1.807) is 57.2 Å². The molecule has 0 bridgehead atoms. The second kappa shape index (κ2) is 38.1. The van der Waals surface area contributed by atoms with Crippen LogP contribution in [0.5, 0.6) is 11.5 Å². The topological polar surface area (TPSA) is 390 Å². The molecule has 2 aromatic heterocycles. The number of aryl methyl sites for hydroxylation is 2. The van der Waals surface area contributed by atoms with Gasteiger partial charge in [-0.1, -0.05) is 140 Å². The van der Waals surface area contributed by atoms with E-state index in [0.717, 1.165) is 50.9 Å². The van der Waals surface area contributed by atoms with Crippen LogP contribution in [0.3, 0.4) is 0 Å². The first-order valence-electron chi connectivity index (χ1n) is 31.0. The van der Waals surface area contributed by atoms with Crippen molar-refractivity contribution in [3.63, 3.8) is 0 Å². The summed E-state index contributed by atoms with van der Waals surface area (Å²) in [5.41, 5.74) is 2.50. The number of aliphatic hydroxyl groups is 1. The van der Waals surface area contributed by atoms with Crippen LogP contribution in [0.4, 0.5) is 16.2 Å². The molecule has 0 fully saturated rings. The minimum Gasteiger partial charge on any atom is -0.744 e. The Kier molecular flexibility index (Phi) is 31.2. The molecule has 4 aromatic carbocycles. The predicted octanol–water partition coefficient (Wildman–Crippen LogP) is 3.43. The zero-order chi connectivity index (χ0) is 72.7. The van der Waals surface area contributed by atoms with E-state index in [-0.39, 0.29) is 114 Å². The van der Waals surface area contributed by atoms with Crippen molar-refractivity contribution in [2.24, 2.45) is 5.10 Å². The number of phenolic OH excluding ortho intramolecular Hbond substituents is 2. The number of ketones is 2. The van der Waals surface area contributed by atoms with E-state index in [2.05, 4.69) is 70.0 Å². The van der Waals surface area contributed by atoms with Crippen molar-refractivity contribution in [1.82, 2.24) is 35.3 Å². The number of nitrogens with zero attached hydrogens (tertiary/aromatic N) is 6. The van der Waals surface area contributed by atoms with Crippen molar-refractivity contribution in [1.29, 1.82) is 0 Å². The number of rotatable bonds is 25. The van der Waals surface area contributed by atoms with Gasteiger partial charge in [-0.15, -0.1) is 10.2 Å². The van der Waals surface area contributed by atoms with Gasteiger partial charge in [-0.25, -0.2) is 13.2 Å². The van der Waals surface area contributed by atoms with E-state index in [1.165, 1.54) is 126 Å². The average Bonchev–Trinajstić information content (AvgIpc) is 1.68. The smallest absolute Gasteiger partial charge is 0.744 e. The van der Waals surface area contributed by atoms with Crippen LogP contribution in [-0.4, -0.2) is 121 Å². The molecule has 29 heteroatoms. The maximum Gasteiger partial charge on any atom is 1.00 e. The van der Waals surface area contributed by atoms with Gasteiger partial charge < -0.3 is 46.5 Å². The van der Waals surface area contributed by atoms with Crippen molar-refractivity contribution in [3.8, 4) is 11.5 Å². The largest absolute Gasteiger partial charge is 1.00 e. The molecule has 0 aliphatic carbocycles. The fourth-order valence-electron chi connectivity index (χ4n) is 9.75. The third-order valence-electron chi connectivity index (χ3n) is 15.4. The molecule has 0 spiro atoms. The number of hydrogen-bond acceptors (Lipinski definition) is 18. The molecule has 8 N–H and O–H groups in total. The maximum absolute atomic E-state index is 12.7. The van der Waals surface area contributed by atoms with Crippen molar-refractivity contribution in [2.75, 3.05) is 36.4 Å². The van der Waals surface area contributed by atoms with Crippen molar-refractivity contribution in [3.05, 3.63) is 211 Å². The number of aromatic hydroxyl groups is 2. The molecule has 4 heterocycles. The van der Waals surface area contributed by atoms with Gasteiger partial charge in [-0.05, 0) is 105 Å². The Labute approximate surface area is 594 Å². The number of carbonyl (C=O) groups excluding carboxylic acids is 9. The van der Waals surface area contributed by atoms with Crippen LogP contribution in [0, 0.1) is 20.8 Å². The van der Waals surface area contributed by atoms with Gasteiger partial charge in [-0.2, -0.15) is 9.89 Å². The third-order valence-corrected chi connectivity index (χ3v) is 16.2. The number of benzene rings is 4. The number of unbranched alkanes of at least 4 members (excludes halogenated alkanes) is 9. The molecule has 6 aromatic rings. The first-order valence-corrected chi connectivity index (χ1v) is 32.4. The van der Waals surface area contributed by atoms with Crippen LogP contribution in [0.25, 0.3) is 6.58 Å². The Morgan fingerprint density at radius 1 is 0.646 bits per heavy atom. The van der Waals surface area contributed by atoms with Gasteiger partial charge in [0.1, 0.15) is 33.9 Å². The van der Waals surface area contributed by atoms with E-state index in [4.69, 9.17) is 0 Å². The molecule has 27 nitrogen and oxygen atoms in total. The predicted molar refractivity (Wildman–Crippen MR) is 365 cm³/mol. The van der Waals surface area contributed by atoms with Gasteiger partial charge in [0, 0.05) is 37.0 Å². The number of imide groups is 1. The van der Waals surface area contributed by atoms with Gasteiger partial charge in [0.15, 0.2) is 11.3 Å². The number of phenols is 2. The van der Waals surface area contributed by atoms with Gasteiger partial charge in [0.25, 0.3) is 41.0 Å². The van der Waals surface area contributed by atoms with Crippen LogP contribution in [0.1, 0.15) is 132 Å². The number of carbonyl (C=O) groups is 9. The molecule has 0 atom stereocenters. The number of likely N-dealkylation sites (N-methyl/N-ethyl adjacent to an activating group) is 1. The molecule has 2 aliphatic heterocycles. The molecule has 8 amide bonds. The van der Waals surface area contributed by atoms with E-state index in [9.17, 15) is 76.2 Å². The Morgan fingerprint density at radius 2 is 1.18 bits per heavy atom. The summed E-state index contributed by atoms with van der Waals surface area (Å²) < 4.78 is 33.8. The fourth-order valence-corrected chi connectivity index (χ4v) is 10.2. The fraction of sp³-hybridized carbons (Fsp3) is 0.286. The quantitative estimate of drug-likeness (QED) is 0.00468. The molecular formula is C70H80N11NaO16S. The summed E-state index contributed by atoms with van der Waals surface area (Å²) in [6, 6.07) is 24.7. The van der Waals surface area contributed by atoms with Gasteiger partial charge >= 0.3 is 35.6 Å². The molecule has 0 saturated carbocycles. The number of Topliss-reactive ketones (excluding diaryl/α,β-unsaturated/α-hetero) is 2. The molecule has 0 unspecified atom stereocenters. The number of pyridine rings is 1. The minimum atomic E-state index is -4.59. The van der Waals surface area contributed by atoms with E-state index < -0.39 is 80.3 Å². The monoisotopic (exact) mass is 1390 g/mol. The molecule has 518 valence electrons. The average molecular weight is 1390 g/mol. The second-order valence-electron chi connectivity index (χ2n) is 22.3. The number of aliphatic hydroxyl groups excluding tert-OH is 1. The van der Waals surface area contributed by atoms with E-state index in [1.807, 2.05) is 6.07 Å². The first-order chi connectivity index (χ1) is 46.4. The summed E-state index contributed by atoms with van der Waals surface area (Å²) in [5, 5.41) is 50.8. The number of para-hydroxylation sites is 4. The van der Waals surface area contributed by atoms with Crippen LogP contribution in [0.15, 0.2) is 166 Å². The number of nitrogens with one attached hydrogen (secondary N) is 5. The van der Waals surface area contributed by atoms with Crippen LogP contribution in [-0.2, 0) is 47.4 Å². The summed E-state index contributed by atoms with van der Waals surface area (Å²) in [5.74, 6) is -5.11. The summed E-state index contributed by atoms with van der Waals surface area (Å²) in [4.78, 5) is 124. The Bertz CT molecular complexity index is 4430. The molecule has 8 rings (SSSR count). The van der Waals surface area contributed by atoms with Crippen LogP contribution in [0.2, 0.25) is 0 Å². The molecular weight excluding hydrogens is 1310 g/mol. The first kappa shape index (κ1) is 81.2. The maximum atomic E-state index is 12.7. The summed E-state index contributed by atoms with van der Waals surface area (Å²) in [6.45, 7) is 23.1. The normalized spacial score (nSPS) is 12.2. The minimum absolute atomic E-state index is 0. The zero-order valence-corrected chi connectivity index (χ0v) is 59.4. The van der Waals surface area contributed by atoms with Gasteiger partial charge in [0.05, 0.1) is 56.5 Å². The van der Waals surface area contributed by atoms with E-state index in [0.29, 0.717) is 17.7 Å². The number of urea groups is 1. The number of anilines is 2. The molecule has 0 radical (unpaired) electrons. The van der Waals surface area contributed by atoms with Crippen molar-refractivity contribution in [2.45, 2.75) is 117 Å². The Balaban J connectivity index is 0.000000280. The Morgan fingerprint density at radius 3 is 1.72 bits per heavy atom. The number of hydrogen-bond donors (Lipinski definition) is 8. The third kappa shape index (κ3) is 21.4. The van der Waals surface area contributed by atoms with Crippen molar-refractivity contribution < 1.29 is 101 Å². The second-order valence-corrected chi connectivity index (χ2v) is 23.7. The number of amides is 8. The summed E-state index contributed by atoms with van der Waals surface area (Å²) in [6.07, 6.45) is 12.4. The van der Waals surface area contributed by atoms with Crippen LogP contribution >= 0.6 is 0 Å².